The number of nitrogens with two attached hydrogens (primary N) is 1. The number of morpholine rings is 1. The third-order valence-electron chi connectivity index (χ3n) is 3.07. The van der Waals surface area contributed by atoms with Crippen LogP contribution in [-0.4, -0.2) is 32.3 Å². The quantitative estimate of drug-likeness (QED) is 0.837. The van der Waals surface area contributed by atoms with Crippen LogP contribution < -0.4 is 10.6 Å². The molecule has 1 atom stereocenters. The molecule has 0 saturated carbocycles. The lowest BCUT2D eigenvalue weighted by atomic mass is 10.1. The van der Waals surface area contributed by atoms with E-state index in [1.165, 1.54) is 11.3 Å². The van der Waals surface area contributed by atoms with Gasteiger partial charge in [0, 0.05) is 18.3 Å². The van der Waals surface area contributed by atoms with Crippen molar-refractivity contribution in [2.75, 3.05) is 31.2 Å². The number of hydrogen-bond acceptors (Lipinski definition) is 3. The van der Waals surface area contributed by atoms with Crippen LogP contribution >= 0.6 is 0 Å². The second-order valence-corrected chi connectivity index (χ2v) is 4.32. The first-order valence-electron chi connectivity index (χ1n) is 5.94. The first-order chi connectivity index (χ1) is 7.81. The Bertz CT molecular complexity index is 323. The largest absolute Gasteiger partial charge is 0.377 e. The fraction of sp³-hybridized carbons (Fsp3) is 0.538. The second kappa shape index (κ2) is 5.32. The molecule has 88 valence electrons. The summed E-state index contributed by atoms with van der Waals surface area (Å²) in [5, 5.41) is 0. The average molecular weight is 220 g/mol. The first-order valence-corrected chi connectivity index (χ1v) is 5.94. The highest BCUT2D eigenvalue weighted by Gasteiger charge is 2.18. The van der Waals surface area contributed by atoms with Crippen LogP contribution in [0.25, 0.3) is 0 Å². The maximum atomic E-state index is 5.54. The van der Waals surface area contributed by atoms with Gasteiger partial charge >= 0.3 is 0 Å². The van der Waals surface area contributed by atoms with E-state index in [-0.39, 0.29) is 0 Å². The third-order valence-corrected chi connectivity index (χ3v) is 3.07. The Morgan fingerprint density at radius 3 is 2.75 bits per heavy atom. The van der Waals surface area contributed by atoms with E-state index in [1.807, 2.05) is 0 Å². The van der Waals surface area contributed by atoms with Gasteiger partial charge in [0.05, 0.1) is 13.2 Å². The maximum absolute atomic E-state index is 5.54. The van der Waals surface area contributed by atoms with Crippen LogP contribution in [0.4, 0.5) is 5.69 Å². The number of hydrogen-bond donors (Lipinski definition) is 1. The van der Waals surface area contributed by atoms with Crippen LogP contribution in [0.1, 0.15) is 12.5 Å². The van der Waals surface area contributed by atoms with E-state index in [4.69, 9.17) is 10.5 Å². The van der Waals surface area contributed by atoms with Gasteiger partial charge in [0.1, 0.15) is 0 Å². The molecule has 1 aliphatic heterocycles. The number of benzene rings is 1. The lowest BCUT2D eigenvalue weighted by molar-refractivity contribution is 0.0989. The van der Waals surface area contributed by atoms with Gasteiger partial charge in [-0.2, -0.15) is 0 Å². The molecule has 2 rings (SSSR count). The van der Waals surface area contributed by atoms with Crippen molar-refractivity contribution in [3.8, 4) is 0 Å². The van der Waals surface area contributed by atoms with Gasteiger partial charge in [-0.05, 0) is 37.6 Å². The molecule has 0 bridgehead atoms. The molecular weight excluding hydrogens is 200 g/mol. The summed E-state index contributed by atoms with van der Waals surface area (Å²) in [4.78, 5) is 2.40. The zero-order chi connectivity index (χ0) is 11.4. The van der Waals surface area contributed by atoms with Gasteiger partial charge in [-0.3, -0.25) is 0 Å². The fourth-order valence-corrected chi connectivity index (χ4v) is 2.13. The zero-order valence-electron chi connectivity index (χ0n) is 9.86. The monoisotopic (exact) mass is 220 g/mol. The van der Waals surface area contributed by atoms with E-state index in [0.717, 1.165) is 26.2 Å². The Morgan fingerprint density at radius 1 is 1.38 bits per heavy atom. The zero-order valence-corrected chi connectivity index (χ0v) is 9.86. The molecule has 3 heteroatoms. The predicted molar refractivity (Wildman–Crippen MR) is 66.8 cm³/mol. The Balaban J connectivity index is 2.08. The van der Waals surface area contributed by atoms with Gasteiger partial charge in [-0.1, -0.05) is 12.1 Å². The van der Waals surface area contributed by atoms with E-state index in [2.05, 4.69) is 36.1 Å². The molecule has 1 heterocycles. The van der Waals surface area contributed by atoms with Gasteiger partial charge in [-0.25, -0.2) is 0 Å². The summed E-state index contributed by atoms with van der Waals surface area (Å²) in [7, 11) is 0. The summed E-state index contributed by atoms with van der Waals surface area (Å²) < 4.78 is 5.44. The molecule has 1 saturated heterocycles. The Kier molecular flexibility index (Phi) is 3.80. The van der Waals surface area contributed by atoms with Crippen molar-refractivity contribution in [2.45, 2.75) is 19.4 Å². The van der Waals surface area contributed by atoms with E-state index in [9.17, 15) is 0 Å². The molecule has 3 nitrogen and oxygen atoms in total. The fourth-order valence-electron chi connectivity index (χ4n) is 2.13. The average Bonchev–Trinajstić information content (AvgIpc) is 2.31. The van der Waals surface area contributed by atoms with E-state index < -0.39 is 0 Å². The van der Waals surface area contributed by atoms with Crippen LogP contribution in [0.3, 0.4) is 0 Å². The van der Waals surface area contributed by atoms with Crippen LogP contribution in [0.2, 0.25) is 0 Å². The van der Waals surface area contributed by atoms with Crippen LogP contribution in [0.5, 0.6) is 0 Å². The van der Waals surface area contributed by atoms with Crippen molar-refractivity contribution >= 4 is 5.69 Å². The number of rotatable bonds is 3. The lowest BCUT2D eigenvalue weighted by Gasteiger charge is -2.35. The number of nitrogens with zero attached hydrogens (tertiary/aromatic N) is 1. The smallest absolute Gasteiger partial charge is 0.0668 e. The SMILES string of the molecule is CC1COCCN1c1ccc(CCN)cc1. The molecule has 1 fully saturated rings. The minimum absolute atomic E-state index is 0.467. The number of anilines is 1. The molecule has 0 aromatic heterocycles. The van der Waals surface area contributed by atoms with Crippen molar-refractivity contribution < 1.29 is 4.74 Å². The van der Waals surface area contributed by atoms with Gasteiger partial charge in [0.2, 0.25) is 0 Å². The lowest BCUT2D eigenvalue weighted by Crippen LogP contribution is -2.43. The maximum Gasteiger partial charge on any atom is 0.0668 e. The highest BCUT2D eigenvalue weighted by Crippen LogP contribution is 2.20. The molecule has 1 aliphatic rings. The van der Waals surface area contributed by atoms with Crippen LogP contribution in [-0.2, 0) is 11.2 Å². The number of ether oxygens (including phenoxy) is 1. The summed E-state index contributed by atoms with van der Waals surface area (Å²) in [6, 6.07) is 9.18. The van der Waals surface area contributed by atoms with E-state index in [0.29, 0.717) is 12.6 Å². The van der Waals surface area contributed by atoms with Crippen molar-refractivity contribution in [1.29, 1.82) is 0 Å². The standard InChI is InChI=1S/C13H20N2O/c1-11-10-16-9-8-15(11)13-4-2-12(3-5-13)6-7-14/h2-5,11H,6-10,14H2,1H3. The summed E-state index contributed by atoms with van der Waals surface area (Å²) in [6.45, 7) is 5.55. The first kappa shape index (κ1) is 11.4. The molecule has 0 amide bonds. The van der Waals surface area contributed by atoms with Gasteiger partial charge < -0.3 is 15.4 Å². The molecule has 16 heavy (non-hydrogen) atoms. The summed E-state index contributed by atoms with van der Waals surface area (Å²) in [5.41, 5.74) is 8.14. The molecule has 1 aromatic carbocycles. The Labute approximate surface area is 97.2 Å². The molecule has 2 N–H and O–H groups in total. The molecular formula is C13H20N2O. The molecule has 1 aromatic rings. The molecule has 0 aliphatic carbocycles. The topological polar surface area (TPSA) is 38.5 Å². The van der Waals surface area contributed by atoms with Crippen LogP contribution in [0.15, 0.2) is 24.3 Å². The molecule has 0 radical (unpaired) electrons. The van der Waals surface area contributed by atoms with Crippen molar-refractivity contribution in [3.05, 3.63) is 29.8 Å². The summed E-state index contributed by atoms with van der Waals surface area (Å²) in [5.74, 6) is 0. The van der Waals surface area contributed by atoms with Crippen molar-refractivity contribution in [3.63, 3.8) is 0 Å². The highest BCUT2D eigenvalue weighted by atomic mass is 16.5. The minimum Gasteiger partial charge on any atom is -0.377 e. The normalized spacial score (nSPS) is 21.1. The molecule has 1 unspecified atom stereocenters. The van der Waals surface area contributed by atoms with Crippen LogP contribution in [0, 0.1) is 0 Å². The Morgan fingerprint density at radius 2 is 2.12 bits per heavy atom. The van der Waals surface area contributed by atoms with Gasteiger partial charge in [-0.15, -0.1) is 0 Å². The summed E-state index contributed by atoms with van der Waals surface area (Å²) >= 11 is 0. The minimum atomic E-state index is 0.467. The van der Waals surface area contributed by atoms with Gasteiger partial charge in [0.25, 0.3) is 0 Å². The summed E-state index contributed by atoms with van der Waals surface area (Å²) in [6.07, 6.45) is 0.957. The highest BCUT2D eigenvalue weighted by molar-refractivity contribution is 5.48. The Hall–Kier alpha value is -1.06. The predicted octanol–water partition coefficient (Wildman–Crippen LogP) is 1.41. The molecule has 0 spiro atoms. The van der Waals surface area contributed by atoms with Crippen molar-refractivity contribution in [2.24, 2.45) is 5.73 Å². The van der Waals surface area contributed by atoms with E-state index >= 15 is 0 Å². The van der Waals surface area contributed by atoms with Gasteiger partial charge in [0.15, 0.2) is 0 Å². The van der Waals surface area contributed by atoms with Crippen molar-refractivity contribution in [1.82, 2.24) is 0 Å². The second-order valence-electron chi connectivity index (χ2n) is 4.32. The third kappa shape index (κ3) is 2.54. The van der Waals surface area contributed by atoms with E-state index in [1.54, 1.807) is 0 Å².